The number of benzene rings is 1. The molecule has 2 rings (SSSR count). The van der Waals surface area contributed by atoms with Crippen molar-refractivity contribution in [3.63, 3.8) is 0 Å². The molecule has 84 valence electrons. The van der Waals surface area contributed by atoms with Gasteiger partial charge in [0, 0.05) is 10.4 Å². The second kappa shape index (κ2) is 3.95. The largest absolute Gasteiger partial charge is 0.422 e. The molecule has 5 heteroatoms. The van der Waals surface area contributed by atoms with Crippen molar-refractivity contribution < 1.29 is 4.42 Å². The van der Waals surface area contributed by atoms with Gasteiger partial charge in [-0.1, -0.05) is 34.8 Å². The summed E-state index contributed by atoms with van der Waals surface area (Å²) >= 11 is 17.8. The van der Waals surface area contributed by atoms with E-state index >= 15 is 0 Å². The minimum absolute atomic E-state index is 0.114. The highest BCUT2D eigenvalue weighted by Gasteiger charge is 2.15. The lowest BCUT2D eigenvalue weighted by molar-refractivity contribution is 0.561. The topological polar surface area (TPSA) is 30.2 Å². The van der Waals surface area contributed by atoms with E-state index in [9.17, 15) is 4.79 Å². The molecule has 0 saturated carbocycles. The SMILES string of the molecule is Cc1cc2oc(=O)c(Cl)c(Cl)c2c(C)c1Cl. The molecule has 0 spiro atoms. The van der Waals surface area contributed by atoms with E-state index < -0.39 is 5.63 Å². The molecule has 16 heavy (non-hydrogen) atoms. The van der Waals surface area contributed by atoms with Gasteiger partial charge in [0.2, 0.25) is 0 Å². The van der Waals surface area contributed by atoms with E-state index in [4.69, 9.17) is 39.2 Å². The Morgan fingerprint density at radius 2 is 1.69 bits per heavy atom. The lowest BCUT2D eigenvalue weighted by Crippen LogP contribution is -2.01. The van der Waals surface area contributed by atoms with Crippen molar-refractivity contribution in [2.75, 3.05) is 0 Å². The Morgan fingerprint density at radius 1 is 1.06 bits per heavy atom. The summed E-state index contributed by atoms with van der Waals surface area (Å²) < 4.78 is 5.06. The summed E-state index contributed by atoms with van der Waals surface area (Å²) in [4.78, 5) is 11.3. The van der Waals surface area contributed by atoms with E-state index in [1.807, 2.05) is 6.92 Å². The van der Waals surface area contributed by atoms with Crippen molar-refractivity contribution in [2.45, 2.75) is 13.8 Å². The first-order valence-corrected chi connectivity index (χ1v) is 5.64. The summed E-state index contributed by atoms with van der Waals surface area (Å²) in [5.41, 5.74) is 1.35. The first-order valence-electron chi connectivity index (χ1n) is 4.51. The molecule has 2 aromatic rings. The molecule has 0 aliphatic heterocycles. The second-order valence-electron chi connectivity index (χ2n) is 3.52. The van der Waals surface area contributed by atoms with Crippen LogP contribution in [-0.4, -0.2) is 0 Å². The van der Waals surface area contributed by atoms with E-state index in [0.29, 0.717) is 16.0 Å². The van der Waals surface area contributed by atoms with Crippen LogP contribution in [0.25, 0.3) is 11.0 Å². The predicted octanol–water partition coefficient (Wildman–Crippen LogP) is 4.37. The zero-order valence-electron chi connectivity index (χ0n) is 8.53. The fraction of sp³-hybridized carbons (Fsp3) is 0.182. The monoisotopic (exact) mass is 276 g/mol. The molecule has 0 N–H and O–H groups in total. The van der Waals surface area contributed by atoms with E-state index in [2.05, 4.69) is 0 Å². The molecule has 2 nitrogen and oxygen atoms in total. The lowest BCUT2D eigenvalue weighted by Gasteiger charge is -2.08. The zero-order valence-corrected chi connectivity index (χ0v) is 10.8. The van der Waals surface area contributed by atoms with Gasteiger partial charge >= 0.3 is 5.63 Å². The minimum Gasteiger partial charge on any atom is -0.422 e. The van der Waals surface area contributed by atoms with Gasteiger partial charge in [-0.05, 0) is 31.0 Å². The number of rotatable bonds is 0. The van der Waals surface area contributed by atoms with Crippen molar-refractivity contribution in [3.05, 3.63) is 42.7 Å². The van der Waals surface area contributed by atoms with Crippen LogP contribution in [0.4, 0.5) is 0 Å². The first-order chi connectivity index (χ1) is 7.43. The number of hydrogen-bond acceptors (Lipinski definition) is 2. The maximum absolute atomic E-state index is 11.3. The van der Waals surface area contributed by atoms with Crippen LogP contribution in [0.15, 0.2) is 15.3 Å². The smallest absolute Gasteiger partial charge is 0.356 e. The van der Waals surface area contributed by atoms with Gasteiger partial charge in [0.05, 0.1) is 5.02 Å². The molecular weight excluding hydrogens is 270 g/mol. The Balaban J connectivity index is 3.09. The summed E-state index contributed by atoms with van der Waals surface area (Å²) in [6.07, 6.45) is 0. The molecule has 0 bridgehead atoms. The van der Waals surface area contributed by atoms with Gasteiger partial charge in [-0.25, -0.2) is 4.79 Å². The van der Waals surface area contributed by atoms with E-state index in [-0.39, 0.29) is 10.0 Å². The van der Waals surface area contributed by atoms with Crippen LogP contribution < -0.4 is 5.63 Å². The second-order valence-corrected chi connectivity index (χ2v) is 4.66. The molecule has 0 aliphatic rings. The molecule has 0 amide bonds. The predicted molar refractivity (Wildman–Crippen MR) is 67.0 cm³/mol. The molecular formula is C11H7Cl3O2. The number of halogens is 3. The molecule has 0 radical (unpaired) electrons. The molecule has 0 aliphatic carbocycles. The maximum atomic E-state index is 11.3. The van der Waals surface area contributed by atoms with Crippen molar-refractivity contribution >= 4 is 45.8 Å². The maximum Gasteiger partial charge on any atom is 0.356 e. The average Bonchev–Trinajstić information content (AvgIpc) is 2.23. The Labute approximate surface area is 107 Å². The zero-order chi connectivity index (χ0) is 12.0. The Kier molecular flexibility index (Phi) is 2.91. The van der Waals surface area contributed by atoms with Crippen molar-refractivity contribution in [1.29, 1.82) is 0 Å². The van der Waals surface area contributed by atoms with Crippen LogP contribution in [0.3, 0.4) is 0 Å². The number of hydrogen-bond donors (Lipinski definition) is 0. The van der Waals surface area contributed by atoms with Gasteiger partial charge in [-0.2, -0.15) is 0 Å². The first kappa shape index (κ1) is 11.8. The van der Waals surface area contributed by atoms with Crippen molar-refractivity contribution in [3.8, 4) is 0 Å². The molecule has 0 atom stereocenters. The Bertz CT molecular complexity index is 644. The lowest BCUT2D eigenvalue weighted by atomic mass is 10.1. The highest BCUT2D eigenvalue weighted by Crippen LogP contribution is 2.35. The standard InChI is InChI=1S/C11H7Cl3O2/c1-4-3-6-7(5(2)8(4)12)9(13)10(14)11(15)16-6/h3H,1-2H3. The normalized spacial score (nSPS) is 11.1. The quantitative estimate of drug-likeness (QED) is 0.669. The summed E-state index contributed by atoms with van der Waals surface area (Å²) in [5.74, 6) is 0. The highest BCUT2D eigenvalue weighted by atomic mass is 35.5. The average molecular weight is 278 g/mol. The van der Waals surface area contributed by atoms with Gasteiger partial charge in [0.1, 0.15) is 10.6 Å². The molecule has 0 saturated heterocycles. The van der Waals surface area contributed by atoms with Crippen molar-refractivity contribution in [2.24, 2.45) is 0 Å². The van der Waals surface area contributed by atoms with E-state index in [0.717, 1.165) is 11.1 Å². The number of fused-ring (bicyclic) bond motifs is 1. The van der Waals surface area contributed by atoms with E-state index in [1.165, 1.54) is 0 Å². The third-order valence-corrected chi connectivity index (χ3v) is 3.84. The van der Waals surface area contributed by atoms with Crippen LogP contribution in [0.5, 0.6) is 0 Å². The molecule has 0 unspecified atom stereocenters. The molecule has 0 fully saturated rings. The third kappa shape index (κ3) is 1.61. The molecule has 1 aromatic heterocycles. The van der Waals surface area contributed by atoms with Crippen LogP contribution in [0.1, 0.15) is 11.1 Å². The van der Waals surface area contributed by atoms with Gasteiger partial charge in [0.25, 0.3) is 0 Å². The summed E-state index contributed by atoms with van der Waals surface area (Å²) in [7, 11) is 0. The van der Waals surface area contributed by atoms with Crippen molar-refractivity contribution in [1.82, 2.24) is 0 Å². The Morgan fingerprint density at radius 3 is 2.31 bits per heavy atom. The summed E-state index contributed by atoms with van der Waals surface area (Å²) in [6, 6.07) is 1.67. The van der Waals surface area contributed by atoms with Gasteiger partial charge in [0.15, 0.2) is 0 Å². The van der Waals surface area contributed by atoms with Gasteiger partial charge < -0.3 is 4.42 Å². The summed E-state index contributed by atoms with van der Waals surface area (Å²) in [5, 5.41) is 1.26. The minimum atomic E-state index is -0.639. The molecule has 1 heterocycles. The highest BCUT2D eigenvalue weighted by molar-refractivity contribution is 6.45. The van der Waals surface area contributed by atoms with E-state index in [1.54, 1.807) is 13.0 Å². The fourth-order valence-electron chi connectivity index (χ4n) is 1.62. The molecule has 1 aromatic carbocycles. The van der Waals surface area contributed by atoms with Crippen LogP contribution in [-0.2, 0) is 0 Å². The summed E-state index contributed by atoms with van der Waals surface area (Å²) in [6.45, 7) is 3.64. The van der Waals surface area contributed by atoms with Gasteiger partial charge in [-0.3, -0.25) is 0 Å². The van der Waals surface area contributed by atoms with Gasteiger partial charge in [-0.15, -0.1) is 0 Å². The van der Waals surface area contributed by atoms with Crippen LogP contribution >= 0.6 is 34.8 Å². The van der Waals surface area contributed by atoms with Crippen LogP contribution in [0, 0.1) is 13.8 Å². The fourth-order valence-corrected chi connectivity index (χ4v) is 2.21. The van der Waals surface area contributed by atoms with Crippen LogP contribution in [0.2, 0.25) is 15.1 Å². The third-order valence-electron chi connectivity index (χ3n) is 2.44. The Hall–Kier alpha value is -0.700. The number of aryl methyl sites for hydroxylation is 2.